The van der Waals surface area contributed by atoms with Crippen molar-refractivity contribution in [1.29, 1.82) is 0 Å². The predicted molar refractivity (Wildman–Crippen MR) is 100 cm³/mol. The maximum Gasteiger partial charge on any atom is 0.321 e. The molecule has 134 valence electrons. The number of likely N-dealkylation sites (tertiary alicyclic amines) is 1. The molecule has 0 spiro atoms. The maximum absolute atomic E-state index is 5.65. The summed E-state index contributed by atoms with van der Waals surface area (Å²) in [5.74, 6) is 1.71. The van der Waals surface area contributed by atoms with Crippen molar-refractivity contribution in [2.45, 2.75) is 31.8 Å². The molecule has 3 heterocycles. The Kier molecular flexibility index (Phi) is 4.93. The topological polar surface area (TPSA) is 56.1 Å². The lowest BCUT2D eigenvalue weighted by molar-refractivity contribution is 0.286. The summed E-state index contributed by atoms with van der Waals surface area (Å²) in [6, 6.07) is 10.7. The minimum atomic E-state index is 0.349. The number of nitrogens with zero attached hydrogens (tertiary/aromatic N) is 5. The van der Waals surface area contributed by atoms with Crippen LogP contribution in [0.3, 0.4) is 0 Å². The Morgan fingerprint density at radius 1 is 1.08 bits per heavy atom. The number of hydrogen-bond donors (Lipinski definition) is 0. The van der Waals surface area contributed by atoms with Gasteiger partial charge in [-0.15, -0.1) is 0 Å². The summed E-state index contributed by atoms with van der Waals surface area (Å²) in [5.41, 5.74) is 1.08. The third-order valence-corrected chi connectivity index (χ3v) is 4.95. The molecule has 1 aromatic carbocycles. The van der Waals surface area contributed by atoms with Crippen LogP contribution in [0, 0.1) is 0 Å². The van der Waals surface area contributed by atoms with Crippen molar-refractivity contribution in [3.05, 3.63) is 55.1 Å². The molecule has 0 amide bonds. The fourth-order valence-electron chi connectivity index (χ4n) is 3.50. The standard InChI is InChI=1S/C20H23N5O/c1-24-13-2-4-17(24)9-14-25-15-12-21-19(25)16-5-7-18(8-6-16)26-20-22-10-3-11-23-20/h3,5-8,10-12,15,17H,2,4,9,13-14H2,1H3/t17-/m1/s1. The Labute approximate surface area is 153 Å². The van der Waals surface area contributed by atoms with Gasteiger partial charge in [-0.2, -0.15) is 0 Å². The zero-order valence-corrected chi connectivity index (χ0v) is 15.0. The van der Waals surface area contributed by atoms with E-state index in [4.69, 9.17) is 4.74 Å². The van der Waals surface area contributed by atoms with Crippen LogP contribution in [0.15, 0.2) is 55.1 Å². The highest BCUT2D eigenvalue weighted by Crippen LogP contribution is 2.24. The summed E-state index contributed by atoms with van der Waals surface area (Å²) in [4.78, 5) is 15.2. The van der Waals surface area contributed by atoms with Crippen LogP contribution in [0.1, 0.15) is 19.3 Å². The normalized spacial score (nSPS) is 17.5. The minimum Gasteiger partial charge on any atom is -0.424 e. The van der Waals surface area contributed by atoms with Gasteiger partial charge in [0.05, 0.1) is 0 Å². The van der Waals surface area contributed by atoms with Crippen molar-refractivity contribution in [3.8, 4) is 23.1 Å². The largest absolute Gasteiger partial charge is 0.424 e. The molecular weight excluding hydrogens is 326 g/mol. The van der Waals surface area contributed by atoms with Crippen LogP contribution in [0.5, 0.6) is 11.8 Å². The van der Waals surface area contributed by atoms with Gasteiger partial charge in [-0.25, -0.2) is 15.0 Å². The van der Waals surface area contributed by atoms with E-state index in [0.717, 1.165) is 24.4 Å². The van der Waals surface area contributed by atoms with Crippen LogP contribution in [-0.2, 0) is 6.54 Å². The highest BCUT2D eigenvalue weighted by molar-refractivity contribution is 5.57. The van der Waals surface area contributed by atoms with Gasteiger partial charge in [-0.3, -0.25) is 0 Å². The van der Waals surface area contributed by atoms with Gasteiger partial charge in [0.15, 0.2) is 0 Å². The Balaban J connectivity index is 1.44. The summed E-state index contributed by atoms with van der Waals surface area (Å²) in [7, 11) is 2.22. The van der Waals surface area contributed by atoms with E-state index in [-0.39, 0.29) is 0 Å². The second-order valence-electron chi connectivity index (χ2n) is 6.67. The zero-order valence-electron chi connectivity index (χ0n) is 15.0. The third kappa shape index (κ3) is 3.75. The quantitative estimate of drug-likeness (QED) is 0.680. The van der Waals surface area contributed by atoms with Crippen LogP contribution in [0.4, 0.5) is 0 Å². The number of ether oxygens (including phenoxy) is 1. The fraction of sp³-hybridized carbons (Fsp3) is 0.350. The molecule has 3 aromatic rings. The molecule has 1 aliphatic rings. The molecule has 1 fully saturated rings. The van der Waals surface area contributed by atoms with Gasteiger partial charge in [0.25, 0.3) is 0 Å². The van der Waals surface area contributed by atoms with Crippen molar-refractivity contribution in [3.63, 3.8) is 0 Å². The summed E-state index contributed by atoms with van der Waals surface area (Å²) < 4.78 is 7.89. The first-order valence-electron chi connectivity index (χ1n) is 9.06. The molecule has 1 saturated heterocycles. The monoisotopic (exact) mass is 349 g/mol. The van der Waals surface area contributed by atoms with Crippen LogP contribution in [0.25, 0.3) is 11.4 Å². The van der Waals surface area contributed by atoms with Crippen LogP contribution in [0.2, 0.25) is 0 Å². The first-order valence-corrected chi connectivity index (χ1v) is 9.06. The van der Waals surface area contributed by atoms with E-state index in [2.05, 4.69) is 37.7 Å². The smallest absolute Gasteiger partial charge is 0.321 e. The lowest BCUT2D eigenvalue weighted by Crippen LogP contribution is -2.26. The predicted octanol–water partition coefficient (Wildman–Crippen LogP) is 3.62. The summed E-state index contributed by atoms with van der Waals surface area (Å²) in [6.07, 6.45) is 11.0. The number of benzene rings is 1. The summed E-state index contributed by atoms with van der Waals surface area (Å²) in [6.45, 7) is 2.20. The van der Waals surface area contributed by atoms with Crippen molar-refractivity contribution in [2.24, 2.45) is 0 Å². The Hall–Kier alpha value is -2.73. The zero-order chi connectivity index (χ0) is 17.8. The van der Waals surface area contributed by atoms with Crippen LogP contribution in [-0.4, -0.2) is 44.1 Å². The maximum atomic E-state index is 5.65. The van der Waals surface area contributed by atoms with E-state index >= 15 is 0 Å². The second-order valence-corrected chi connectivity index (χ2v) is 6.67. The first kappa shape index (κ1) is 16.7. The van der Waals surface area contributed by atoms with Gasteiger partial charge in [0.2, 0.25) is 0 Å². The highest BCUT2D eigenvalue weighted by atomic mass is 16.5. The molecule has 1 aliphatic heterocycles. The number of aromatic nitrogens is 4. The number of imidazole rings is 1. The molecule has 6 heteroatoms. The SMILES string of the molecule is CN1CCC[C@@H]1CCn1ccnc1-c1ccc(Oc2ncccn2)cc1. The highest BCUT2D eigenvalue weighted by Gasteiger charge is 2.20. The summed E-state index contributed by atoms with van der Waals surface area (Å²) >= 11 is 0. The molecule has 1 atom stereocenters. The number of hydrogen-bond acceptors (Lipinski definition) is 5. The number of rotatable bonds is 6. The van der Waals surface area contributed by atoms with E-state index in [1.165, 1.54) is 19.4 Å². The van der Waals surface area contributed by atoms with Gasteiger partial charge in [-0.05, 0) is 63.2 Å². The van der Waals surface area contributed by atoms with E-state index < -0.39 is 0 Å². The molecule has 0 N–H and O–H groups in total. The average molecular weight is 349 g/mol. The van der Waals surface area contributed by atoms with E-state index in [1.807, 2.05) is 30.5 Å². The molecule has 2 aromatic heterocycles. The van der Waals surface area contributed by atoms with Gasteiger partial charge in [-0.1, -0.05) is 0 Å². The molecular formula is C20H23N5O. The van der Waals surface area contributed by atoms with Crippen molar-refractivity contribution in [1.82, 2.24) is 24.4 Å². The molecule has 6 nitrogen and oxygen atoms in total. The molecule has 0 radical (unpaired) electrons. The Morgan fingerprint density at radius 2 is 1.88 bits per heavy atom. The van der Waals surface area contributed by atoms with Crippen molar-refractivity contribution in [2.75, 3.05) is 13.6 Å². The van der Waals surface area contributed by atoms with E-state index in [9.17, 15) is 0 Å². The molecule has 0 bridgehead atoms. The van der Waals surface area contributed by atoms with Crippen molar-refractivity contribution < 1.29 is 4.74 Å². The fourth-order valence-corrected chi connectivity index (χ4v) is 3.50. The first-order chi connectivity index (χ1) is 12.8. The minimum absolute atomic E-state index is 0.349. The second kappa shape index (κ2) is 7.66. The van der Waals surface area contributed by atoms with Crippen LogP contribution < -0.4 is 4.74 Å². The van der Waals surface area contributed by atoms with Crippen LogP contribution >= 0.6 is 0 Å². The van der Waals surface area contributed by atoms with Crippen molar-refractivity contribution >= 4 is 0 Å². The molecule has 4 rings (SSSR count). The van der Waals surface area contributed by atoms with E-state index in [0.29, 0.717) is 17.8 Å². The van der Waals surface area contributed by atoms with Gasteiger partial charge >= 0.3 is 6.01 Å². The lowest BCUT2D eigenvalue weighted by Gasteiger charge is -2.20. The summed E-state index contributed by atoms with van der Waals surface area (Å²) in [5, 5.41) is 0. The average Bonchev–Trinajstić information content (AvgIpc) is 3.30. The third-order valence-electron chi connectivity index (χ3n) is 4.95. The van der Waals surface area contributed by atoms with E-state index in [1.54, 1.807) is 18.5 Å². The number of aryl methyl sites for hydroxylation is 1. The molecule has 26 heavy (non-hydrogen) atoms. The molecule has 0 aliphatic carbocycles. The lowest BCUT2D eigenvalue weighted by atomic mass is 10.1. The van der Waals surface area contributed by atoms with Gasteiger partial charge < -0.3 is 14.2 Å². The van der Waals surface area contributed by atoms with Gasteiger partial charge in [0, 0.05) is 42.9 Å². The Morgan fingerprint density at radius 3 is 2.62 bits per heavy atom. The Bertz CT molecular complexity index is 831. The molecule has 0 unspecified atom stereocenters. The molecule has 0 saturated carbocycles. The van der Waals surface area contributed by atoms with Gasteiger partial charge in [0.1, 0.15) is 11.6 Å².